The Hall–Kier alpha value is -0.990. The van der Waals surface area contributed by atoms with Crippen LogP contribution in [0, 0.1) is 5.92 Å². The minimum Gasteiger partial charge on any atom is -0.458 e. The Morgan fingerprint density at radius 2 is 2.10 bits per heavy atom. The summed E-state index contributed by atoms with van der Waals surface area (Å²) in [4.78, 5) is 0. The highest BCUT2D eigenvalue weighted by molar-refractivity contribution is 6.34. The molecule has 2 aromatic rings. The molecule has 0 saturated heterocycles. The molecular weight excluding hydrogens is 270 g/mol. The van der Waals surface area contributed by atoms with E-state index >= 15 is 0 Å². The second-order valence-corrected chi connectivity index (χ2v) is 5.79. The van der Waals surface area contributed by atoms with Gasteiger partial charge in [-0.3, -0.25) is 0 Å². The molecule has 1 aromatic carbocycles. The first kappa shape index (κ1) is 15.4. The SMILES string of the molecule is CCCCC(CC)C(NC)c1cc2cccc(Cl)c2o1. The third-order valence-corrected chi connectivity index (χ3v) is 4.35. The van der Waals surface area contributed by atoms with E-state index in [9.17, 15) is 0 Å². The van der Waals surface area contributed by atoms with Crippen molar-refractivity contribution in [3.63, 3.8) is 0 Å². The van der Waals surface area contributed by atoms with Crippen LogP contribution in [-0.4, -0.2) is 7.05 Å². The average molecular weight is 294 g/mol. The number of fused-ring (bicyclic) bond motifs is 1. The fourth-order valence-corrected chi connectivity index (χ4v) is 3.10. The zero-order valence-corrected chi connectivity index (χ0v) is 13.3. The minimum atomic E-state index is 0.259. The molecule has 110 valence electrons. The number of nitrogens with one attached hydrogen (secondary N) is 1. The van der Waals surface area contributed by atoms with E-state index in [1.165, 1.54) is 19.3 Å². The molecule has 2 unspecified atom stereocenters. The standard InChI is InChI=1S/C17H24ClNO/c1-4-6-8-12(5-2)16(19-3)15-11-13-9-7-10-14(18)17(13)20-15/h7,9-12,16,19H,4-6,8H2,1-3H3. The van der Waals surface area contributed by atoms with E-state index in [1.54, 1.807) is 0 Å². The first-order valence-electron chi connectivity index (χ1n) is 7.56. The van der Waals surface area contributed by atoms with Crippen LogP contribution in [0.25, 0.3) is 11.0 Å². The zero-order chi connectivity index (χ0) is 14.5. The van der Waals surface area contributed by atoms with Crippen LogP contribution in [0.2, 0.25) is 5.02 Å². The highest BCUT2D eigenvalue weighted by Crippen LogP contribution is 2.34. The number of benzene rings is 1. The summed E-state index contributed by atoms with van der Waals surface area (Å²) in [6, 6.07) is 8.27. The predicted octanol–water partition coefficient (Wildman–Crippen LogP) is 5.56. The fourth-order valence-electron chi connectivity index (χ4n) is 2.88. The Morgan fingerprint density at radius 3 is 2.70 bits per heavy atom. The smallest absolute Gasteiger partial charge is 0.152 e. The van der Waals surface area contributed by atoms with Gasteiger partial charge in [0, 0.05) is 5.39 Å². The molecule has 3 heteroatoms. The normalized spacial score (nSPS) is 14.6. The van der Waals surface area contributed by atoms with Crippen molar-refractivity contribution in [3.05, 3.63) is 35.0 Å². The molecule has 0 saturated carbocycles. The molecule has 0 aliphatic heterocycles. The Bertz CT molecular complexity index is 549. The largest absolute Gasteiger partial charge is 0.458 e. The number of rotatable bonds is 7. The van der Waals surface area contributed by atoms with Crippen LogP contribution in [0.3, 0.4) is 0 Å². The van der Waals surface area contributed by atoms with Crippen molar-refractivity contribution in [1.82, 2.24) is 5.32 Å². The zero-order valence-electron chi connectivity index (χ0n) is 12.6. The molecule has 2 atom stereocenters. The Kier molecular flexibility index (Phi) is 5.50. The van der Waals surface area contributed by atoms with E-state index in [0.29, 0.717) is 10.9 Å². The van der Waals surface area contributed by atoms with Crippen LogP contribution >= 0.6 is 11.6 Å². The van der Waals surface area contributed by atoms with Crippen LogP contribution in [0.4, 0.5) is 0 Å². The van der Waals surface area contributed by atoms with Crippen molar-refractivity contribution in [1.29, 1.82) is 0 Å². The lowest BCUT2D eigenvalue weighted by Gasteiger charge is -2.24. The lowest BCUT2D eigenvalue weighted by atomic mass is 9.90. The molecular formula is C17H24ClNO. The van der Waals surface area contributed by atoms with Gasteiger partial charge in [-0.15, -0.1) is 0 Å². The van der Waals surface area contributed by atoms with Crippen molar-refractivity contribution in [3.8, 4) is 0 Å². The van der Waals surface area contributed by atoms with Gasteiger partial charge in [-0.1, -0.05) is 56.8 Å². The molecule has 0 aliphatic carbocycles. The summed E-state index contributed by atoms with van der Waals surface area (Å²) in [5.41, 5.74) is 0.801. The molecule has 2 nitrogen and oxygen atoms in total. The van der Waals surface area contributed by atoms with Crippen LogP contribution in [0.15, 0.2) is 28.7 Å². The molecule has 0 amide bonds. The second kappa shape index (κ2) is 7.14. The summed E-state index contributed by atoms with van der Waals surface area (Å²) in [6.45, 7) is 4.49. The maximum absolute atomic E-state index is 6.20. The van der Waals surface area contributed by atoms with Crippen molar-refractivity contribution in [2.75, 3.05) is 7.05 Å². The quantitative estimate of drug-likeness (QED) is 0.722. The van der Waals surface area contributed by atoms with Crippen LogP contribution in [0.5, 0.6) is 0 Å². The van der Waals surface area contributed by atoms with Gasteiger partial charge in [0.15, 0.2) is 5.58 Å². The van der Waals surface area contributed by atoms with Gasteiger partial charge in [0.25, 0.3) is 0 Å². The summed E-state index contributed by atoms with van der Waals surface area (Å²) in [5.74, 6) is 1.60. The minimum absolute atomic E-state index is 0.259. The van der Waals surface area contributed by atoms with Crippen molar-refractivity contribution >= 4 is 22.6 Å². The van der Waals surface area contributed by atoms with Crippen LogP contribution < -0.4 is 5.32 Å². The Labute approximate surface area is 126 Å². The summed E-state index contributed by atoms with van der Waals surface area (Å²) >= 11 is 6.20. The van der Waals surface area contributed by atoms with E-state index in [-0.39, 0.29) is 6.04 Å². The van der Waals surface area contributed by atoms with Crippen molar-refractivity contribution in [2.24, 2.45) is 5.92 Å². The average Bonchev–Trinajstić information content (AvgIpc) is 2.88. The highest BCUT2D eigenvalue weighted by Gasteiger charge is 2.23. The van der Waals surface area contributed by atoms with E-state index in [2.05, 4.69) is 25.2 Å². The molecule has 0 radical (unpaired) electrons. The molecule has 1 N–H and O–H groups in total. The van der Waals surface area contributed by atoms with Gasteiger partial charge in [0.05, 0.1) is 11.1 Å². The van der Waals surface area contributed by atoms with E-state index < -0.39 is 0 Å². The van der Waals surface area contributed by atoms with Crippen molar-refractivity contribution in [2.45, 2.75) is 45.6 Å². The number of halogens is 1. The van der Waals surface area contributed by atoms with Gasteiger partial charge in [0.1, 0.15) is 5.76 Å². The van der Waals surface area contributed by atoms with Crippen molar-refractivity contribution < 1.29 is 4.42 Å². The summed E-state index contributed by atoms with van der Waals surface area (Å²) in [6.07, 6.45) is 4.87. The van der Waals surface area contributed by atoms with Gasteiger partial charge in [0.2, 0.25) is 0 Å². The third kappa shape index (κ3) is 3.18. The number of hydrogen-bond donors (Lipinski definition) is 1. The fraction of sp³-hybridized carbons (Fsp3) is 0.529. The molecule has 1 aromatic heterocycles. The van der Waals surface area contributed by atoms with E-state index in [0.717, 1.165) is 23.2 Å². The molecule has 1 heterocycles. The summed E-state index contributed by atoms with van der Waals surface area (Å²) in [5, 5.41) is 5.19. The second-order valence-electron chi connectivity index (χ2n) is 5.38. The van der Waals surface area contributed by atoms with Gasteiger partial charge < -0.3 is 9.73 Å². The molecule has 0 aliphatic rings. The maximum atomic E-state index is 6.20. The topological polar surface area (TPSA) is 25.2 Å². The monoisotopic (exact) mass is 293 g/mol. The Balaban J connectivity index is 2.30. The van der Waals surface area contributed by atoms with E-state index in [4.69, 9.17) is 16.0 Å². The molecule has 0 bridgehead atoms. The number of unbranched alkanes of at least 4 members (excludes halogenated alkanes) is 1. The maximum Gasteiger partial charge on any atom is 0.152 e. The molecule has 2 rings (SSSR count). The highest BCUT2D eigenvalue weighted by atomic mass is 35.5. The number of hydrogen-bond acceptors (Lipinski definition) is 2. The predicted molar refractivity (Wildman–Crippen MR) is 86.3 cm³/mol. The lowest BCUT2D eigenvalue weighted by molar-refractivity contribution is 0.301. The van der Waals surface area contributed by atoms with E-state index in [1.807, 2.05) is 25.2 Å². The van der Waals surface area contributed by atoms with Crippen LogP contribution in [0.1, 0.15) is 51.3 Å². The summed E-state index contributed by atoms with van der Waals surface area (Å²) in [7, 11) is 2.01. The van der Waals surface area contributed by atoms with Gasteiger partial charge in [-0.2, -0.15) is 0 Å². The Morgan fingerprint density at radius 1 is 1.30 bits per heavy atom. The first-order valence-corrected chi connectivity index (χ1v) is 7.94. The molecule has 20 heavy (non-hydrogen) atoms. The number of furan rings is 1. The number of para-hydroxylation sites is 1. The third-order valence-electron chi connectivity index (χ3n) is 4.06. The lowest BCUT2D eigenvalue weighted by Crippen LogP contribution is -2.24. The van der Waals surface area contributed by atoms with Gasteiger partial charge in [-0.25, -0.2) is 0 Å². The van der Waals surface area contributed by atoms with Crippen LogP contribution in [-0.2, 0) is 0 Å². The molecule has 0 spiro atoms. The summed E-state index contributed by atoms with van der Waals surface area (Å²) < 4.78 is 6.02. The molecule has 0 fully saturated rings. The van der Waals surface area contributed by atoms with Gasteiger partial charge in [-0.05, 0) is 31.5 Å². The van der Waals surface area contributed by atoms with Gasteiger partial charge >= 0.3 is 0 Å². The first-order chi connectivity index (χ1) is 9.71.